The van der Waals surface area contributed by atoms with Crippen LogP contribution in [0.4, 0.5) is 0 Å². The van der Waals surface area contributed by atoms with Crippen molar-refractivity contribution in [2.75, 3.05) is 26.3 Å². The lowest BCUT2D eigenvalue weighted by atomic mass is 10.1. The van der Waals surface area contributed by atoms with Gasteiger partial charge in [-0.25, -0.2) is 18.4 Å². The molecule has 0 bridgehead atoms. The molecule has 33 heavy (non-hydrogen) atoms. The van der Waals surface area contributed by atoms with Crippen LogP contribution in [-0.2, 0) is 21.3 Å². The first kappa shape index (κ1) is 22.4. The summed E-state index contributed by atoms with van der Waals surface area (Å²) in [5, 5.41) is 3.85. The van der Waals surface area contributed by atoms with Crippen LogP contribution in [-0.4, -0.2) is 54.9 Å². The number of hydrogen-bond donors (Lipinski definition) is 1. The van der Waals surface area contributed by atoms with Gasteiger partial charge in [-0.05, 0) is 43.9 Å². The van der Waals surface area contributed by atoms with E-state index in [9.17, 15) is 13.2 Å². The van der Waals surface area contributed by atoms with Crippen LogP contribution in [0.25, 0.3) is 10.2 Å². The smallest absolute Gasteiger partial charge is 0.261 e. The lowest BCUT2D eigenvalue weighted by Gasteiger charge is -2.27. The van der Waals surface area contributed by atoms with Crippen LogP contribution in [0.15, 0.2) is 29.2 Å². The van der Waals surface area contributed by atoms with Gasteiger partial charge in [-0.15, -0.1) is 11.3 Å². The number of rotatable bonds is 6. The minimum atomic E-state index is -3.66. The monoisotopic (exact) mass is 486 g/mol. The van der Waals surface area contributed by atoms with Crippen LogP contribution in [0.2, 0.25) is 0 Å². The molecule has 1 saturated heterocycles. The highest BCUT2D eigenvalue weighted by molar-refractivity contribution is 7.89. The average molecular weight is 487 g/mol. The predicted molar refractivity (Wildman–Crippen MR) is 126 cm³/mol. The van der Waals surface area contributed by atoms with E-state index in [1.165, 1.54) is 15.6 Å². The van der Waals surface area contributed by atoms with Crippen molar-refractivity contribution in [2.24, 2.45) is 0 Å². The van der Waals surface area contributed by atoms with Crippen LogP contribution in [0.3, 0.4) is 0 Å². The number of sulfonamides is 1. The molecular weight excluding hydrogens is 460 g/mol. The number of nitrogens with one attached hydrogen (secondary N) is 1. The normalized spacial score (nSPS) is 17.4. The molecule has 1 N–H and O–H groups in total. The Morgan fingerprint density at radius 2 is 1.91 bits per heavy atom. The lowest BCUT2D eigenvalue weighted by molar-refractivity contribution is 0.0730. The quantitative estimate of drug-likeness (QED) is 0.574. The maximum Gasteiger partial charge on any atom is 0.261 e. The largest absolute Gasteiger partial charge is 0.379 e. The molecular formula is C23H26N4O4S2. The molecule has 8 nitrogen and oxygen atoms in total. The highest BCUT2D eigenvalue weighted by atomic mass is 32.2. The maximum atomic E-state index is 13.2. The van der Waals surface area contributed by atoms with Crippen LogP contribution >= 0.6 is 11.3 Å². The SMILES string of the molecule is Cc1nc(C2CC2)nc2sc(C(=O)NCc3ccccc3S(=O)(=O)N3CCOCC3)c(C)c12. The van der Waals surface area contributed by atoms with E-state index in [2.05, 4.69) is 10.3 Å². The molecule has 1 aromatic carbocycles. The topological polar surface area (TPSA) is 101 Å². The molecule has 3 aromatic rings. The number of aromatic nitrogens is 2. The zero-order valence-electron chi connectivity index (χ0n) is 18.6. The highest BCUT2D eigenvalue weighted by Gasteiger charge is 2.30. The molecule has 0 radical (unpaired) electrons. The molecule has 1 saturated carbocycles. The number of hydrogen-bond acceptors (Lipinski definition) is 7. The van der Waals surface area contributed by atoms with Crippen molar-refractivity contribution in [3.05, 3.63) is 51.8 Å². The Morgan fingerprint density at radius 1 is 1.18 bits per heavy atom. The van der Waals surface area contributed by atoms with Gasteiger partial charge in [-0.2, -0.15) is 4.31 Å². The lowest BCUT2D eigenvalue weighted by Crippen LogP contribution is -2.41. The van der Waals surface area contributed by atoms with Crippen molar-refractivity contribution >= 4 is 37.5 Å². The average Bonchev–Trinajstić information content (AvgIpc) is 3.61. The third-order valence-electron chi connectivity index (χ3n) is 6.14. The number of carbonyl (C=O) groups is 1. The van der Waals surface area contributed by atoms with E-state index in [1.807, 2.05) is 13.8 Å². The fraction of sp³-hybridized carbons (Fsp3) is 0.435. The van der Waals surface area contributed by atoms with E-state index in [-0.39, 0.29) is 17.3 Å². The Morgan fingerprint density at radius 3 is 2.64 bits per heavy atom. The summed E-state index contributed by atoms with van der Waals surface area (Å²) in [6, 6.07) is 6.81. The number of ether oxygens (including phenoxy) is 1. The Balaban J connectivity index is 1.38. The molecule has 0 atom stereocenters. The molecule has 0 unspecified atom stereocenters. The third-order valence-corrected chi connectivity index (χ3v) is 9.32. The Kier molecular flexibility index (Phi) is 5.94. The first-order chi connectivity index (χ1) is 15.9. The molecule has 1 aliphatic heterocycles. The van der Waals surface area contributed by atoms with Gasteiger partial charge in [0.05, 0.1) is 28.7 Å². The van der Waals surface area contributed by atoms with E-state index in [4.69, 9.17) is 9.72 Å². The third kappa shape index (κ3) is 4.28. The van der Waals surface area contributed by atoms with Gasteiger partial charge in [0.15, 0.2) is 0 Å². The van der Waals surface area contributed by atoms with Gasteiger partial charge >= 0.3 is 0 Å². The molecule has 10 heteroatoms. The number of nitrogens with zero attached hydrogens (tertiary/aromatic N) is 3. The van der Waals surface area contributed by atoms with E-state index in [0.717, 1.165) is 40.1 Å². The number of morpholine rings is 1. The van der Waals surface area contributed by atoms with Crippen LogP contribution < -0.4 is 5.32 Å². The summed E-state index contributed by atoms with van der Waals surface area (Å²) in [5.41, 5.74) is 2.32. The number of thiophene rings is 1. The van der Waals surface area contributed by atoms with Gasteiger partial charge in [0.25, 0.3) is 5.91 Å². The van der Waals surface area contributed by atoms with Crippen LogP contribution in [0, 0.1) is 13.8 Å². The summed E-state index contributed by atoms with van der Waals surface area (Å²) < 4.78 is 33.1. The molecule has 3 heterocycles. The second-order valence-electron chi connectivity index (χ2n) is 8.48. The van der Waals surface area contributed by atoms with Gasteiger partial charge in [-0.1, -0.05) is 18.2 Å². The summed E-state index contributed by atoms with van der Waals surface area (Å²) in [4.78, 5) is 24.1. The molecule has 1 aliphatic carbocycles. The van der Waals surface area contributed by atoms with Crippen LogP contribution in [0.5, 0.6) is 0 Å². The summed E-state index contributed by atoms with van der Waals surface area (Å²) >= 11 is 1.37. The Hall–Kier alpha value is -2.40. The first-order valence-corrected chi connectivity index (χ1v) is 13.3. The summed E-state index contributed by atoms with van der Waals surface area (Å²) in [6.45, 7) is 5.41. The van der Waals surface area contributed by atoms with E-state index >= 15 is 0 Å². The van der Waals surface area contributed by atoms with E-state index < -0.39 is 10.0 Å². The second-order valence-corrected chi connectivity index (χ2v) is 11.4. The summed E-state index contributed by atoms with van der Waals surface area (Å²) in [6.07, 6.45) is 2.24. The van der Waals surface area contributed by atoms with Gasteiger partial charge in [0, 0.05) is 30.9 Å². The first-order valence-electron chi connectivity index (χ1n) is 11.1. The van der Waals surface area contributed by atoms with Crippen LogP contribution in [0.1, 0.15) is 51.1 Å². The minimum Gasteiger partial charge on any atom is -0.379 e. The molecule has 5 rings (SSSR count). The van der Waals surface area contributed by atoms with Crippen molar-refractivity contribution in [3.8, 4) is 0 Å². The van der Waals surface area contributed by atoms with Gasteiger partial charge in [0.2, 0.25) is 10.0 Å². The number of fused-ring (bicyclic) bond motifs is 1. The van der Waals surface area contributed by atoms with Gasteiger partial charge in [-0.3, -0.25) is 4.79 Å². The van der Waals surface area contributed by atoms with Gasteiger partial charge in [0.1, 0.15) is 10.7 Å². The number of benzene rings is 1. The molecule has 174 valence electrons. The van der Waals surface area contributed by atoms with Crippen molar-refractivity contribution in [1.82, 2.24) is 19.6 Å². The Bertz CT molecular complexity index is 1330. The maximum absolute atomic E-state index is 13.2. The Labute approximate surface area is 197 Å². The van der Waals surface area contributed by atoms with Crippen molar-refractivity contribution < 1.29 is 17.9 Å². The summed E-state index contributed by atoms with van der Waals surface area (Å²) in [7, 11) is -3.66. The number of carbonyl (C=O) groups excluding carboxylic acids is 1. The predicted octanol–water partition coefficient (Wildman–Crippen LogP) is 3.14. The van der Waals surface area contributed by atoms with E-state index in [0.29, 0.717) is 42.7 Å². The molecule has 2 aliphatic rings. The molecule has 0 spiro atoms. The van der Waals surface area contributed by atoms with Gasteiger partial charge < -0.3 is 10.1 Å². The van der Waals surface area contributed by atoms with Crippen molar-refractivity contribution in [3.63, 3.8) is 0 Å². The fourth-order valence-corrected chi connectivity index (χ4v) is 6.97. The molecule has 1 amide bonds. The second kappa shape index (κ2) is 8.75. The number of amides is 1. The summed E-state index contributed by atoms with van der Waals surface area (Å²) in [5.74, 6) is 1.08. The van der Waals surface area contributed by atoms with Crippen molar-refractivity contribution in [1.29, 1.82) is 0 Å². The molecule has 2 aromatic heterocycles. The highest BCUT2D eigenvalue weighted by Crippen LogP contribution is 2.40. The minimum absolute atomic E-state index is 0.115. The van der Waals surface area contributed by atoms with Crippen molar-refractivity contribution in [2.45, 2.75) is 44.0 Å². The molecule has 2 fully saturated rings. The zero-order chi connectivity index (χ0) is 23.2. The fourth-order valence-electron chi connectivity index (χ4n) is 4.18. The van der Waals surface area contributed by atoms with E-state index in [1.54, 1.807) is 24.3 Å². The standard InChI is InChI=1S/C23H26N4O4S2/c1-14-19-15(2)25-21(16-7-8-16)26-23(19)32-20(14)22(28)24-13-17-5-3-4-6-18(17)33(29,30)27-9-11-31-12-10-27/h3-6,16H,7-13H2,1-2H3,(H,24,28). The number of aryl methyl sites for hydroxylation is 2. The zero-order valence-corrected chi connectivity index (χ0v) is 20.3.